The summed E-state index contributed by atoms with van der Waals surface area (Å²) in [4.78, 5) is 28.1. The lowest BCUT2D eigenvalue weighted by atomic mass is 9.32. The van der Waals surface area contributed by atoms with E-state index < -0.39 is 5.97 Å². The van der Waals surface area contributed by atoms with Crippen molar-refractivity contribution in [3.05, 3.63) is 53.6 Å². The van der Waals surface area contributed by atoms with Gasteiger partial charge in [-0.2, -0.15) is 0 Å². The first-order valence-corrected chi connectivity index (χ1v) is 18.6. The molecule has 1 aromatic carbocycles. The number of hydrogen-bond acceptors (Lipinski definition) is 3. The van der Waals surface area contributed by atoms with Crippen LogP contribution in [0.25, 0.3) is 5.57 Å². The molecule has 47 heavy (non-hydrogen) atoms. The fraction of sp³-hybridized carbons (Fsp3) is 0.714. The number of nitrogens with one attached hydrogen (secondary N) is 1. The number of likely N-dealkylation sites (N-methyl/N-ethyl adjacent to an activating group) is 1. The molecule has 10 atom stereocenters. The number of benzene rings is 1. The number of allylic oxidation sites excluding steroid dienone is 3. The highest BCUT2D eigenvalue weighted by Crippen LogP contribution is 2.77. The number of carboxylic acids is 1. The van der Waals surface area contributed by atoms with Gasteiger partial charge in [-0.15, -0.1) is 0 Å². The van der Waals surface area contributed by atoms with Crippen molar-refractivity contribution in [1.29, 1.82) is 0 Å². The van der Waals surface area contributed by atoms with E-state index in [1.165, 1.54) is 42.4 Å². The molecule has 5 nitrogen and oxygen atoms in total. The molecule has 1 aromatic rings. The molecule has 5 aliphatic carbocycles. The molecular weight excluding hydrogens is 580 g/mol. The summed E-state index contributed by atoms with van der Waals surface area (Å²) in [5.41, 5.74) is 4.50. The summed E-state index contributed by atoms with van der Waals surface area (Å²) in [6, 6.07) is 7.69. The second-order valence-electron chi connectivity index (χ2n) is 18.4. The minimum Gasteiger partial charge on any atom is -0.478 e. The van der Waals surface area contributed by atoms with Crippen LogP contribution in [0, 0.1) is 56.7 Å². The maximum absolute atomic E-state index is 14.4. The van der Waals surface area contributed by atoms with E-state index in [-0.39, 0.29) is 33.1 Å². The van der Waals surface area contributed by atoms with E-state index in [4.69, 9.17) is 0 Å². The Labute approximate surface area is 285 Å². The zero-order chi connectivity index (χ0) is 34.3. The molecule has 0 aliphatic heterocycles. The number of nitrogens with zero attached hydrogens (tertiary/aromatic N) is 1. The first kappa shape index (κ1) is 34.5. The van der Waals surface area contributed by atoms with Crippen molar-refractivity contribution in [2.75, 3.05) is 20.6 Å². The fourth-order valence-electron chi connectivity index (χ4n) is 13.4. The van der Waals surface area contributed by atoms with Gasteiger partial charge >= 0.3 is 5.97 Å². The van der Waals surface area contributed by atoms with Gasteiger partial charge in [0.2, 0.25) is 5.91 Å². The van der Waals surface area contributed by atoms with Crippen LogP contribution in [0.3, 0.4) is 0 Å². The van der Waals surface area contributed by atoms with Crippen molar-refractivity contribution < 1.29 is 14.7 Å². The second-order valence-corrected chi connectivity index (χ2v) is 18.4. The minimum absolute atomic E-state index is 0.00359. The highest BCUT2D eigenvalue weighted by Gasteiger charge is 2.71. The summed E-state index contributed by atoms with van der Waals surface area (Å²) >= 11 is 0. The van der Waals surface area contributed by atoms with Gasteiger partial charge in [0, 0.05) is 12.6 Å². The van der Waals surface area contributed by atoms with Crippen molar-refractivity contribution in [1.82, 2.24) is 10.2 Å². The zero-order valence-corrected chi connectivity index (χ0v) is 30.8. The van der Waals surface area contributed by atoms with Crippen molar-refractivity contribution >= 4 is 17.4 Å². The van der Waals surface area contributed by atoms with Crippen LogP contribution in [0.2, 0.25) is 0 Å². The molecule has 5 heteroatoms. The molecule has 0 bridgehead atoms. The Balaban J connectivity index is 1.33. The first-order chi connectivity index (χ1) is 21.9. The molecule has 0 aromatic heterocycles. The Morgan fingerprint density at radius 1 is 0.936 bits per heavy atom. The van der Waals surface area contributed by atoms with Crippen molar-refractivity contribution in [2.24, 2.45) is 56.7 Å². The van der Waals surface area contributed by atoms with Crippen LogP contribution >= 0.6 is 0 Å². The Kier molecular flexibility index (Phi) is 8.50. The standard InChI is InChI=1S/C42H62N2O3/c1-26(2)30-17-22-42(37(47)43-27(3)25-44(9)10)24-23-40(7)32(35(30)42)15-16-34-39(6)20-18-31(28-11-13-29(14-12-28)36(45)46)38(4,5)33(39)19-21-41(34,40)8/h11-14,18,27,30,32-35H,1,15-17,19-25H2,2-10H3,(H,43,47)(H,45,46). The van der Waals surface area contributed by atoms with E-state index >= 15 is 0 Å². The topological polar surface area (TPSA) is 69.6 Å². The summed E-state index contributed by atoms with van der Waals surface area (Å²) in [5.74, 6) is 1.97. The van der Waals surface area contributed by atoms with Crippen LogP contribution in [-0.4, -0.2) is 48.6 Å². The van der Waals surface area contributed by atoms with E-state index in [1.54, 1.807) is 12.1 Å². The van der Waals surface area contributed by atoms with Crippen LogP contribution in [0.15, 0.2) is 42.5 Å². The number of hydrogen-bond donors (Lipinski definition) is 2. The molecule has 2 N–H and O–H groups in total. The molecular formula is C42H62N2O3. The summed E-state index contributed by atoms with van der Waals surface area (Å²) in [7, 11) is 4.17. The fourth-order valence-corrected chi connectivity index (χ4v) is 13.4. The molecule has 1 amide bonds. The second kappa shape index (κ2) is 11.6. The van der Waals surface area contributed by atoms with Crippen LogP contribution in [0.4, 0.5) is 0 Å². The monoisotopic (exact) mass is 642 g/mol. The van der Waals surface area contributed by atoms with Crippen LogP contribution in [0.5, 0.6) is 0 Å². The average molecular weight is 643 g/mol. The highest BCUT2D eigenvalue weighted by molar-refractivity contribution is 5.88. The number of carbonyl (C=O) groups excluding carboxylic acids is 1. The van der Waals surface area contributed by atoms with E-state index in [0.29, 0.717) is 41.1 Å². The zero-order valence-electron chi connectivity index (χ0n) is 30.8. The predicted octanol–water partition coefficient (Wildman–Crippen LogP) is 9.10. The molecule has 4 saturated carbocycles. The molecule has 258 valence electrons. The highest BCUT2D eigenvalue weighted by atomic mass is 16.4. The van der Waals surface area contributed by atoms with Gasteiger partial charge < -0.3 is 15.3 Å². The lowest BCUT2D eigenvalue weighted by molar-refractivity contribution is -0.225. The van der Waals surface area contributed by atoms with Gasteiger partial charge in [-0.25, -0.2) is 4.79 Å². The van der Waals surface area contributed by atoms with E-state index in [2.05, 4.69) is 85.4 Å². The summed E-state index contributed by atoms with van der Waals surface area (Å²) in [5, 5.41) is 13.0. The first-order valence-electron chi connectivity index (χ1n) is 18.6. The number of carbonyl (C=O) groups is 2. The summed E-state index contributed by atoms with van der Waals surface area (Å²) in [6.07, 6.45) is 12.7. The van der Waals surface area contributed by atoms with Gasteiger partial charge in [-0.3, -0.25) is 4.79 Å². The molecule has 6 rings (SSSR count). The van der Waals surface area contributed by atoms with Crippen molar-refractivity contribution in [3.8, 4) is 0 Å². The molecule has 0 heterocycles. The summed E-state index contributed by atoms with van der Waals surface area (Å²) < 4.78 is 0. The van der Waals surface area contributed by atoms with E-state index in [1.807, 2.05) is 12.1 Å². The smallest absolute Gasteiger partial charge is 0.335 e. The number of fused-ring (bicyclic) bond motifs is 7. The van der Waals surface area contributed by atoms with Gasteiger partial charge in [0.15, 0.2) is 0 Å². The number of rotatable bonds is 7. The Hall–Kier alpha value is -2.40. The van der Waals surface area contributed by atoms with Gasteiger partial charge in [0.05, 0.1) is 11.0 Å². The predicted molar refractivity (Wildman–Crippen MR) is 192 cm³/mol. The molecule has 10 unspecified atom stereocenters. The number of amides is 1. The third-order valence-corrected chi connectivity index (χ3v) is 15.6. The Morgan fingerprint density at radius 2 is 1.62 bits per heavy atom. The molecule has 0 radical (unpaired) electrons. The summed E-state index contributed by atoms with van der Waals surface area (Å²) in [6.45, 7) is 22.6. The lowest BCUT2D eigenvalue weighted by Crippen LogP contribution is -2.66. The Bertz CT molecular complexity index is 1460. The van der Waals surface area contributed by atoms with Crippen molar-refractivity contribution in [2.45, 2.75) is 112 Å². The average Bonchev–Trinajstić information content (AvgIpc) is 3.38. The molecule has 5 aliphatic rings. The van der Waals surface area contributed by atoms with Crippen LogP contribution in [0.1, 0.15) is 122 Å². The number of carboxylic acid groups (broad SMARTS) is 1. The maximum atomic E-state index is 14.4. The van der Waals surface area contributed by atoms with Gasteiger partial charge in [0.25, 0.3) is 0 Å². The molecule has 0 spiro atoms. The van der Waals surface area contributed by atoms with E-state index in [0.717, 1.165) is 38.6 Å². The Morgan fingerprint density at radius 3 is 2.23 bits per heavy atom. The lowest BCUT2D eigenvalue weighted by Gasteiger charge is -2.72. The van der Waals surface area contributed by atoms with Crippen LogP contribution in [-0.2, 0) is 4.79 Å². The third kappa shape index (κ3) is 5.02. The van der Waals surface area contributed by atoms with E-state index in [9.17, 15) is 14.7 Å². The SMILES string of the molecule is C=C(C)C1CCC2(C(=O)NC(C)CN(C)C)CCC3(C)C(CCC4C5(C)CC=C(c6ccc(C(=O)O)cc6)C(C)(C)C5CCC43C)C12. The normalized spacial score (nSPS) is 41.1. The van der Waals surface area contributed by atoms with Crippen molar-refractivity contribution in [3.63, 3.8) is 0 Å². The molecule has 4 fully saturated rings. The van der Waals surface area contributed by atoms with Crippen LogP contribution < -0.4 is 5.32 Å². The van der Waals surface area contributed by atoms with Gasteiger partial charge in [0.1, 0.15) is 0 Å². The number of aromatic carboxylic acids is 1. The largest absolute Gasteiger partial charge is 0.478 e. The molecule has 0 saturated heterocycles. The third-order valence-electron chi connectivity index (χ3n) is 15.6. The maximum Gasteiger partial charge on any atom is 0.335 e. The van der Waals surface area contributed by atoms with Gasteiger partial charge in [-0.05, 0) is 160 Å². The van der Waals surface area contributed by atoms with Gasteiger partial charge in [-0.1, -0.05) is 65.0 Å². The quantitative estimate of drug-likeness (QED) is 0.291. The minimum atomic E-state index is -0.872.